The van der Waals surface area contributed by atoms with Gasteiger partial charge in [-0.3, -0.25) is 0 Å². The van der Waals surface area contributed by atoms with Gasteiger partial charge in [-0.15, -0.1) is 0 Å². The summed E-state index contributed by atoms with van der Waals surface area (Å²) in [5, 5.41) is 0.279. The number of aromatic nitrogens is 1. The molecule has 0 N–H and O–H groups in total. The summed E-state index contributed by atoms with van der Waals surface area (Å²) in [5.41, 5.74) is 1.34. The van der Waals surface area contributed by atoms with E-state index in [2.05, 4.69) is 73.0 Å². The van der Waals surface area contributed by atoms with Crippen LogP contribution in [-0.2, 0) is 10.8 Å². The molecule has 1 aromatic heterocycles. The van der Waals surface area contributed by atoms with Gasteiger partial charge in [-0.25, -0.2) is 0 Å². The summed E-state index contributed by atoms with van der Waals surface area (Å²) in [6.45, 7) is 19.5. The van der Waals surface area contributed by atoms with Gasteiger partial charge in [0.2, 0.25) is 0 Å². The summed E-state index contributed by atoms with van der Waals surface area (Å²) in [6, 6.07) is 4.80. The average Bonchev–Trinajstić information content (AvgIpc) is 2.67. The van der Waals surface area contributed by atoms with Crippen molar-refractivity contribution in [3.8, 4) is 0 Å². The van der Waals surface area contributed by atoms with Crippen molar-refractivity contribution >= 4 is 30.4 Å². The van der Waals surface area contributed by atoms with Crippen LogP contribution in [0.1, 0.15) is 85.6 Å². The minimum absolute atomic E-state index is 0.279. The van der Waals surface area contributed by atoms with E-state index in [4.69, 9.17) is 9.41 Å². The molecule has 0 saturated heterocycles. The normalized spacial score (nSPS) is 13.1. The van der Waals surface area contributed by atoms with Crippen LogP contribution in [0.2, 0.25) is 31.4 Å². The van der Waals surface area contributed by atoms with Crippen LogP contribution in [0.15, 0.2) is 18.3 Å². The van der Waals surface area contributed by atoms with Crippen LogP contribution in [0.5, 0.6) is 0 Å². The molecule has 0 unspecified atom stereocenters. The van der Waals surface area contributed by atoms with Crippen molar-refractivity contribution < 1.29 is 4.43 Å². The first-order valence-electron chi connectivity index (χ1n) is 12.2. The minimum atomic E-state index is -2.38. The monoisotopic (exact) mass is 527 g/mol. The van der Waals surface area contributed by atoms with Gasteiger partial charge in [0.1, 0.15) is 0 Å². The fourth-order valence-electron chi connectivity index (χ4n) is 3.83. The molecule has 0 aliphatic carbocycles. The Hall–Kier alpha value is 0.126. The number of pyridine rings is 1. The summed E-state index contributed by atoms with van der Waals surface area (Å²) >= 11 is -2.38. The summed E-state index contributed by atoms with van der Waals surface area (Å²) in [4.78, 5) is 5.12. The molecule has 0 aromatic carbocycles. The van der Waals surface area contributed by atoms with E-state index in [9.17, 15) is 0 Å². The quantitative estimate of drug-likeness (QED) is 0.232. The van der Waals surface area contributed by atoms with Crippen molar-refractivity contribution in [2.24, 2.45) is 0 Å². The second kappa shape index (κ2) is 12.9. The van der Waals surface area contributed by atoms with Crippen LogP contribution in [0, 0.1) is 0 Å². The molecule has 0 fully saturated rings. The Kier molecular flexibility index (Phi) is 12.0. The van der Waals surface area contributed by atoms with Crippen LogP contribution >= 0.6 is 0 Å². The molecule has 2 nitrogen and oxygen atoms in total. The molecule has 29 heavy (non-hydrogen) atoms. The van der Waals surface area contributed by atoms with E-state index < -0.39 is 26.7 Å². The number of nitrogens with zero attached hydrogens (tertiary/aromatic N) is 1. The van der Waals surface area contributed by atoms with Crippen LogP contribution in [0.4, 0.5) is 0 Å². The van der Waals surface area contributed by atoms with Crippen molar-refractivity contribution in [3.63, 3.8) is 0 Å². The average molecular weight is 526 g/mol. The van der Waals surface area contributed by atoms with Crippen LogP contribution < -0.4 is 3.71 Å². The fourth-order valence-corrected chi connectivity index (χ4v) is 20.2. The van der Waals surface area contributed by atoms with E-state index in [0.29, 0.717) is 0 Å². The number of rotatable bonds is 14. The van der Waals surface area contributed by atoms with Crippen LogP contribution in [-0.4, -0.2) is 38.3 Å². The Balaban J connectivity index is 2.88. The number of unbranched alkanes of at least 4 members (excludes halogenated alkanes) is 3. The molecule has 1 heterocycles. The van der Waals surface area contributed by atoms with Gasteiger partial charge in [-0.2, -0.15) is 0 Å². The Morgan fingerprint density at radius 1 is 0.897 bits per heavy atom. The van der Waals surface area contributed by atoms with E-state index in [1.54, 1.807) is 3.71 Å². The van der Waals surface area contributed by atoms with Gasteiger partial charge in [0.25, 0.3) is 0 Å². The SMILES string of the molecule is CCC[CH2][Sn]([CH2]CCC)([CH2]CCC)[c]1ccc(CCO[Si](C)(C)C(C)(C)C)cn1. The Labute approximate surface area is 187 Å². The molecule has 168 valence electrons. The van der Waals surface area contributed by atoms with Gasteiger partial charge in [0.15, 0.2) is 0 Å². The van der Waals surface area contributed by atoms with Crippen molar-refractivity contribution in [1.82, 2.24) is 4.98 Å². The van der Waals surface area contributed by atoms with Gasteiger partial charge < -0.3 is 0 Å². The van der Waals surface area contributed by atoms with Gasteiger partial charge >= 0.3 is 188 Å². The molecular weight excluding hydrogens is 477 g/mol. The zero-order valence-electron chi connectivity index (χ0n) is 20.9. The first-order valence-corrected chi connectivity index (χ1v) is 22.6. The molecule has 0 spiro atoms. The number of hydrogen-bond donors (Lipinski definition) is 0. The summed E-state index contributed by atoms with van der Waals surface area (Å²) in [5.74, 6) is 0. The van der Waals surface area contributed by atoms with Crippen molar-refractivity contribution in [2.75, 3.05) is 6.61 Å². The maximum absolute atomic E-state index is 6.38. The Bertz CT molecular complexity index is 543. The van der Waals surface area contributed by atoms with E-state index >= 15 is 0 Å². The predicted octanol–water partition coefficient (Wildman–Crippen LogP) is 7.70. The van der Waals surface area contributed by atoms with Gasteiger partial charge in [-0.05, 0) is 0 Å². The van der Waals surface area contributed by atoms with Crippen molar-refractivity contribution in [2.45, 2.75) is 118 Å². The molecule has 0 atom stereocenters. The van der Waals surface area contributed by atoms with E-state index in [0.717, 1.165) is 13.0 Å². The third-order valence-corrected chi connectivity index (χ3v) is 26.8. The summed E-state index contributed by atoms with van der Waals surface area (Å²) in [6.07, 6.45) is 11.3. The van der Waals surface area contributed by atoms with Gasteiger partial charge in [0, 0.05) is 0 Å². The molecule has 0 radical (unpaired) electrons. The molecular formula is C25H49NOSiSn. The molecule has 0 aliphatic heterocycles. The second-order valence-corrected chi connectivity index (χ2v) is 28.4. The molecule has 0 bridgehead atoms. The van der Waals surface area contributed by atoms with Crippen molar-refractivity contribution in [3.05, 3.63) is 23.9 Å². The fraction of sp³-hybridized carbons (Fsp3) is 0.800. The van der Waals surface area contributed by atoms with Gasteiger partial charge in [0.05, 0.1) is 0 Å². The topological polar surface area (TPSA) is 22.1 Å². The zero-order chi connectivity index (χ0) is 22.0. The first-order chi connectivity index (χ1) is 13.6. The molecule has 0 saturated carbocycles. The first kappa shape index (κ1) is 27.2. The third-order valence-electron chi connectivity index (χ3n) is 7.05. The van der Waals surface area contributed by atoms with E-state index in [-0.39, 0.29) is 5.04 Å². The Morgan fingerprint density at radius 3 is 1.79 bits per heavy atom. The number of hydrogen-bond acceptors (Lipinski definition) is 2. The molecule has 4 heteroatoms. The van der Waals surface area contributed by atoms with Gasteiger partial charge in [-0.1, -0.05) is 0 Å². The summed E-state index contributed by atoms with van der Waals surface area (Å²) in [7, 11) is -1.65. The van der Waals surface area contributed by atoms with E-state index in [1.165, 1.54) is 57.4 Å². The maximum atomic E-state index is 6.38. The molecule has 0 amide bonds. The summed E-state index contributed by atoms with van der Waals surface area (Å²) < 4.78 is 12.4. The predicted molar refractivity (Wildman–Crippen MR) is 136 cm³/mol. The molecule has 0 aliphatic rings. The third kappa shape index (κ3) is 8.64. The van der Waals surface area contributed by atoms with Crippen LogP contribution in [0.3, 0.4) is 0 Å². The van der Waals surface area contributed by atoms with Crippen molar-refractivity contribution in [1.29, 1.82) is 0 Å². The van der Waals surface area contributed by atoms with E-state index in [1.807, 2.05) is 0 Å². The second-order valence-electron chi connectivity index (χ2n) is 10.5. The zero-order valence-corrected chi connectivity index (χ0v) is 24.7. The molecule has 1 rings (SSSR count). The molecule has 1 aromatic rings. The standard InChI is InChI=1S/C13H22NOSi.3C4H9.Sn/c1-13(2,3)16(4,5)15-10-8-12-7-6-9-14-11-12;3*1-3-4-2;/h6-7,11H,8,10H2,1-5H3;3*1,3-4H2,2H3;. The Morgan fingerprint density at radius 2 is 1.41 bits per heavy atom. The van der Waals surface area contributed by atoms with Crippen LogP contribution in [0.25, 0.3) is 0 Å².